The fraction of sp³-hybridized carbons (Fsp3) is 0.273. The molecular formula is C22H23N5O3. The predicted octanol–water partition coefficient (Wildman–Crippen LogP) is 2.16. The lowest BCUT2D eigenvalue weighted by molar-refractivity contribution is -0.126. The molecule has 1 aromatic carbocycles. The van der Waals surface area contributed by atoms with Crippen LogP contribution in [0.4, 0.5) is 5.69 Å². The van der Waals surface area contributed by atoms with E-state index in [0.717, 1.165) is 28.4 Å². The van der Waals surface area contributed by atoms with Crippen LogP contribution in [0.2, 0.25) is 0 Å². The Labute approximate surface area is 174 Å². The Hall–Kier alpha value is -3.68. The Morgan fingerprint density at radius 1 is 1.27 bits per heavy atom. The molecular weight excluding hydrogens is 382 g/mol. The number of aromatic nitrogens is 3. The van der Waals surface area contributed by atoms with Crippen LogP contribution in [-0.4, -0.2) is 40.2 Å². The van der Waals surface area contributed by atoms with Gasteiger partial charge in [0.15, 0.2) is 0 Å². The topological polar surface area (TPSA) is 89.3 Å². The maximum absolute atomic E-state index is 12.7. The molecule has 30 heavy (non-hydrogen) atoms. The van der Waals surface area contributed by atoms with Gasteiger partial charge in [-0.2, -0.15) is 5.10 Å². The van der Waals surface area contributed by atoms with Gasteiger partial charge in [-0.25, -0.2) is 0 Å². The van der Waals surface area contributed by atoms with Gasteiger partial charge in [0.25, 0.3) is 0 Å². The Balaban J connectivity index is 1.38. The van der Waals surface area contributed by atoms with Crippen molar-refractivity contribution in [2.75, 3.05) is 18.6 Å². The predicted molar refractivity (Wildman–Crippen MR) is 112 cm³/mol. The fourth-order valence-corrected chi connectivity index (χ4v) is 3.54. The lowest BCUT2D eigenvalue weighted by Crippen LogP contribution is -2.33. The van der Waals surface area contributed by atoms with Crippen molar-refractivity contribution in [1.29, 1.82) is 0 Å². The zero-order chi connectivity index (χ0) is 21.1. The number of nitrogens with zero attached hydrogens (tertiary/aromatic N) is 4. The summed E-state index contributed by atoms with van der Waals surface area (Å²) in [5.41, 5.74) is 3.36. The molecule has 4 rings (SSSR count). The Kier molecular flexibility index (Phi) is 5.47. The summed E-state index contributed by atoms with van der Waals surface area (Å²) in [5, 5.41) is 7.43. The van der Waals surface area contributed by atoms with Gasteiger partial charge in [0.2, 0.25) is 11.8 Å². The summed E-state index contributed by atoms with van der Waals surface area (Å²) >= 11 is 0. The van der Waals surface area contributed by atoms with E-state index in [1.807, 2.05) is 37.4 Å². The molecule has 1 saturated heterocycles. The van der Waals surface area contributed by atoms with E-state index >= 15 is 0 Å². The summed E-state index contributed by atoms with van der Waals surface area (Å²) in [6.07, 6.45) is 3.67. The van der Waals surface area contributed by atoms with Crippen LogP contribution in [-0.2, 0) is 23.2 Å². The smallest absolute Gasteiger partial charge is 0.227 e. The average molecular weight is 405 g/mol. The van der Waals surface area contributed by atoms with Crippen molar-refractivity contribution in [3.8, 4) is 17.0 Å². The number of pyridine rings is 1. The van der Waals surface area contributed by atoms with E-state index in [0.29, 0.717) is 13.1 Å². The van der Waals surface area contributed by atoms with Gasteiger partial charge < -0.3 is 15.0 Å². The zero-order valence-corrected chi connectivity index (χ0v) is 16.9. The number of methoxy groups -OCH3 is 1. The highest BCUT2D eigenvalue weighted by Crippen LogP contribution is 2.27. The van der Waals surface area contributed by atoms with Gasteiger partial charge in [0, 0.05) is 43.7 Å². The van der Waals surface area contributed by atoms with E-state index in [-0.39, 0.29) is 24.2 Å². The first-order valence-corrected chi connectivity index (χ1v) is 9.70. The minimum absolute atomic E-state index is 0.0558. The maximum atomic E-state index is 12.7. The standard InChI is InChI=1S/C22H23N5O3/c1-26-18(11-20(25-26)15-4-3-9-23-12-15)13-24-22(29)16-10-21(28)27(14-16)17-5-7-19(30-2)8-6-17/h3-9,11-12,16H,10,13-14H2,1-2H3,(H,24,29)/t16-/m1/s1. The van der Waals surface area contributed by atoms with Crippen LogP contribution in [0.15, 0.2) is 54.9 Å². The molecule has 1 N–H and O–H groups in total. The van der Waals surface area contributed by atoms with Crippen molar-refractivity contribution < 1.29 is 14.3 Å². The number of carbonyl (C=O) groups is 2. The van der Waals surface area contributed by atoms with E-state index < -0.39 is 0 Å². The van der Waals surface area contributed by atoms with E-state index in [1.165, 1.54) is 0 Å². The average Bonchev–Trinajstić information content (AvgIpc) is 3.35. The van der Waals surface area contributed by atoms with Crippen molar-refractivity contribution >= 4 is 17.5 Å². The molecule has 2 amide bonds. The van der Waals surface area contributed by atoms with Gasteiger partial charge >= 0.3 is 0 Å². The first-order valence-electron chi connectivity index (χ1n) is 9.70. The Morgan fingerprint density at radius 2 is 2.07 bits per heavy atom. The number of rotatable bonds is 6. The molecule has 1 aliphatic rings. The van der Waals surface area contributed by atoms with Gasteiger partial charge in [-0.3, -0.25) is 19.3 Å². The third kappa shape index (κ3) is 4.03. The van der Waals surface area contributed by atoms with E-state index in [4.69, 9.17) is 4.74 Å². The summed E-state index contributed by atoms with van der Waals surface area (Å²) in [6, 6.07) is 13.0. The highest BCUT2D eigenvalue weighted by atomic mass is 16.5. The third-order valence-corrected chi connectivity index (χ3v) is 5.26. The van der Waals surface area contributed by atoms with Crippen LogP contribution in [0.5, 0.6) is 5.75 Å². The van der Waals surface area contributed by atoms with Crippen LogP contribution >= 0.6 is 0 Å². The number of aryl methyl sites for hydroxylation is 1. The lowest BCUT2D eigenvalue weighted by atomic mass is 10.1. The fourth-order valence-electron chi connectivity index (χ4n) is 3.54. The maximum Gasteiger partial charge on any atom is 0.227 e. The Morgan fingerprint density at radius 3 is 2.77 bits per heavy atom. The zero-order valence-electron chi connectivity index (χ0n) is 16.9. The van der Waals surface area contributed by atoms with Gasteiger partial charge in [-0.1, -0.05) is 0 Å². The minimum Gasteiger partial charge on any atom is -0.497 e. The van der Waals surface area contributed by atoms with E-state index in [2.05, 4.69) is 15.4 Å². The second kappa shape index (κ2) is 8.36. The number of amides is 2. The van der Waals surface area contributed by atoms with E-state index in [1.54, 1.807) is 41.2 Å². The summed E-state index contributed by atoms with van der Waals surface area (Å²) in [4.78, 5) is 30.9. The molecule has 0 unspecified atom stereocenters. The number of nitrogens with one attached hydrogen (secondary N) is 1. The lowest BCUT2D eigenvalue weighted by Gasteiger charge is -2.17. The van der Waals surface area contributed by atoms with Gasteiger partial charge in [0.1, 0.15) is 5.75 Å². The number of hydrogen-bond donors (Lipinski definition) is 1. The van der Waals surface area contributed by atoms with Crippen LogP contribution in [0, 0.1) is 5.92 Å². The molecule has 1 atom stereocenters. The van der Waals surface area contributed by atoms with Crippen LogP contribution in [0.25, 0.3) is 11.3 Å². The summed E-state index contributed by atoms with van der Waals surface area (Å²) in [7, 11) is 3.43. The first kappa shape index (κ1) is 19.6. The minimum atomic E-state index is -0.384. The molecule has 0 aliphatic carbocycles. The molecule has 3 heterocycles. The van der Waals surface area contributed by atoms with Crippen molar-refractivity contribution in [3.63, 3.8) is 0 Å². The number of anilines is 1. The molecule has 3 aromatic rings. The van der Waals surface area contributed by atoms with Crippen LogP contribution < -0.4 is 15.0 Å². The van der Waals surface area contributed by atoms with Gasteiger partial charge in [-0.05, 0) is 42.5 Å². The molecule has 8 nitrogen and oxygen atoms in total. The number of carbonyl (C=O) groups excluding carboxylic acids is 2. The largest absolute Gasteiger partial charge is 0.497 e. The summed E-state index contributed by atoms with van der Waals surface area (Å²) in [5.74, 6) is 0.148. The molecule has 1 aliphatic heterocycles. The molecule has 0 spiro atoms. The number of ether oxygens (including phenoxy) is 1. The van der Waals surface area contributed by atoms with Crippen molar-refractivity contribution in [2.45, 2.75) is 13.0 Å². The third-order valence-electron chi connectivity index (χ3n) is 5.26. The summed E-state index contributed by atoms with van der Waals surface area (Å²) in [6.45, 7) is 0.707. The molecule has 1 fully saturated rings. The number of benzene rings is 1. The Bertz CT molecular complexity index is 1050. The number of hydrogen-bond acceptors (Lipinski definition) is 5. The molecule has 2 aromatic heterocycles. The first-order chi connectivity index (χ1) is 14.5. The quantitative estimate of drug-likeness (QED) is 0.679. The molecule has 8 heteroatoms. The van der Waals surface area contributed by atoms with Crippen molar-refractivity contribution in [3.05, 3.63) is 60.6 Å². The van der Waals surface area contributed by atoms with Crippen molar-refractivity contribution in [1.82, 2.24) is 20.1 Å². The van der Waals surface area contributed by atoms with Crippen LogP contribution in [0.1, 0.15) is 12.1 Å². The SMILES string of the molecule is COc1ccc(N2C[C@H](C(=O)NCc3cc(-c4cccnc4)nn3C)CC2=O)cc1. The van der Waals surface area contributed by atoms with E-state index in [9.17, 15) is 9.59 Å². The van der Waals surface area contributed by atoms with Gasteiger partial charge in [0.05, 0.1) is 31.0 Å². The highest BCUT2D eigenvalue weighted by Gasteiger charge is 2.35. The normalized spacial score (nSPS) is 16.0. The van der Waals surface area contributed by atoms with Gasteiger partial charge in [-0.15, -0.1) is 0 Å². The second-order valence-corrected chi connectivity index (χ2v) is 7.21. The molecule has 0 radical (unpaired) electrons. The molecule has 0 saturated carbocycles. The monoisotopic (exact) mass is 405 g/mol. The molecule has 0 bridgehead atoms. The van der Waals surface area contributed by atoms with Crippen molar-refractivity contribution in [2.24, 2.45) is 13.0 Å². The van der Waals surface area contributed by atoms with Crippen LogP contribution in [0.3, 0.4) is 0 Å². The summed E-state index contributed by atoms with van der Waals surface area (Å²) < 4.78 is 6.90. The second-order valence-electron chi connectivity index (χ2n) is 7.21. The highest BCUT2D eigenvalue weighted by molar-refractivity contribution is 6.00. The molecule has 154 valence electrons.